The van der Waals surface area contributed by atoms with Crippen molar-refractivity contribution in [1.29, 1.82) is 0 Å². The summed E-state index contributed by atoms with van der Waals surface area (Å²) in [6.07, 6.45) is 5.59. The van der Waals surface area contributed by atoms with E-state index in [1.54, 1.807) is 0 Å². The van der Waals surface area contributed by atoms with Gasteiger partial charge in [-0.15, -0.1) is 0 Å². The SMILES string of the molecule is CC1(C)CCCN(c2ccc(N)c3cc(Br)cnc23)CC1. The summed E-state index contributed by atoms with van der Waals surface area (Å²) in [5, 5.41) is 1.03. The molecular weight excluding hydrogens is 326 g/mol. The minimum Gasteiger partial charge on any atom is -0.398 e. The summed E-state index contributed by atoms with van der Waals surface area (Å²) in [5.74, 6) is 0. The molecule has 0 saturated carbocycles. The zero-order chi connectivity index (χ0) is 15.0. The van der Waals surface area contributed by atoms with Crippen LogP contribution in [-0.4, -0.2) is 18.1 Å². The standard InChI is InChI=1S/C17H22BrN3/c1-17(2)6-3-8-21(9-7-17)15-5-4-14(19)13-10-12(18)11-20-16(13)15/h4-5,10-11H,3,6-9,19H2,1-2H3. The summed E-state index contributed by atoms with van der Waals surface area (Å²) in [5.41, 5.74) is 9.57. The van der Waals surface area contributed by atoms with E-state index in [2.05, 4.69) is 51.8 Å². The minimum absolute atomic E-state index is 0.439. The summed E-state index contributed by atoms with van der Waals surface area (Å²) >= 11 is 3.48. The Hall–Kier alpha value is -1.29. The molecule has 0 radical (unpaired) electrons. The molecule has 0 unspecified atom stereocenters. The predicted molar refractivity (Wildman–Crippen MR) is 93.7 cm³/mol. The van der Waals surface area contributed by atoms with Crippen LogP contribution in [0.4, 0.5) is 11.4 Å². The van der Waals surface area contributed by atoms with Gasteiger partial charge in [0.15, 0.2) is 0 Å². The second kappa shape index (κ2) is 5.48. The molecule has 0 bridgehead atoms. The van der Waals surface area contributed by atoms with E-state index in [9.17, 15) is 0 Å². The number of aromatic nitrogens is 1. The average molecular weight is 348 g/mol. The van der Waals surface area contributed by atoms with Crippen molar-refractivity contribution in [2.75, 3.05) is 23.7 Å². The molecule has 1 aromatic carbocycles. The number of pyridine rings is 1. The van der Waals surface area contributed by atoms with E-state index in [4.69, 9.17) is 5.73 Å². The number of nitrogens with zero attached hydrogens (tertiary/aromatic N) is 2. The quantitative estimate of drug-likeness (QED) is 0.766. The number of hydrogen-bond donors (Lipinski definition) is 1. The minimum atomic E-state index is 0.439. The number of nitrogens with two attached hydrogens (primary N) is 1. The van der Waals surface area contributed by atoms with Gasteiger partial charge >= 0.3 is 0 Å². The van der Waals surface area contributed by atoms with Gasteiger partial charge in [-0.2, -0.15) is 0 Å². The number of benzene rings is 1. The van der Waals surface area contributed by atoms with E-state index >= 15 is 0 Å². The van der Waals surface area contributed by atoms with Crippen LogP contribution in [0.5, 0.6) is 0 Å². The van der Waals surface area contributed by atoms with Gasteiger partial charge in [0.2, 0.25) is 0 Å². The maximum Gasteiger partial charge on any atom is 0.0956 e. The molecule has 1 fully saturated rings. The fraction of sp³-hybridized carbons (Fsp3) is 0.471. The van der Waals surface area contributed by atoms with Crippen LogP contribution in [0.3, 0.4) is 0 Å². The molecule has 3 nitrogen and oxygen atoms in total. The zero-order valence-corrected chi connectivity index (χ0v) is 14.3. The van der Waals surface area contributed by atoms with Gasteiger partial charge in [0.1, 0.15) is 0 Å². The average Bonchev–Trinajstić information content (AvgIpc) is 2.61. The number of fused-ring (bicyclic) bond motifs is 1. The third kappa shape index (κ3) is 3.00. The Morgan fingerprint density at radius 2 is 2.05 bits per heavy atom. The summed E-state index contributed by atoms with van der Waals surface area (Å²) < 4.78 is 0.968. The van der Waals surface area contributed by atoms with Gasteiger partial charge in [-0.05, 0) is 58.8 Å². The first-order chi connectivity index (χ1) is 9.96. The van der Waals surface area contributed by atoms with E-state index in [1.807, 2.05) is 12.3 Å². The van der Waals surface area contributed by atoms with Crippen LogP contribution in [0.15, 0.2) is 28.9 Å². The fourth-order valence-electron chi connectivity index (χ4n) is 3.12. The van der Waals surface area contributed by atoms with E-state index in [0.29, 0.717) is 5.41 Å². The first-order valence-corrected chi connectivity index (χ1v) is 8.34. The lowest BCUT2D eigenvalue weighted by molar-refractivity contribution is 0.325. The van der Waals surface area contributed by atoms with Gasteiger partial charge in [0, 0.05) is 34.8 Å². The van der Waals surface area contributed by atoms with Crippen LogP contribution in [0.25, 0.3) is 10.9 Å². The van der Waals surface area contributed by atoms with Crippen LogP contribution in [0.1, 0.15) is 33.1 Å². The molecule has 3 rings (SSSR count). The number of nitrogen functional groups attached to an aromatic ring is 1. The van der Waals surface area contributed by atoms with Gasteiger partial charge in [0.25, 0.3) is 0 Å². The Bertz CT molecular complexity index is 666. The summed E-state index contributed by atoms with van der Waals surface area (Å²) in [4.78, 5) is 7.08. The van der Waals surface area contributed by atoms with Crippen molar-refractivity contribution in [3.63, 3.8) is 0 Å². The van der Waals surface area contributed by atoms with Crippen molar-refractivity contribution in [2.45, 2.75) is 33.1 Å². The second-order valence-corrected chi connectivity index (χ2v) is 7.64. The van der Waals surface area contributed by atoms with Gasteiger partial charge < -0.3 is 10.6 Å². The highest BCUT2D eigenvalue weighted by Crippen LogP contribution is 2.35. The molecule has 112 valence electrons. The summed E-state index contributed by atoms with van der Waals surface area (Å²) in [6, 6.07) is 6.18. The molecule has 1 aromatic heterocycles. The van der Waals surface area contributed by atoms with Gasteiger partial charge in [-0.25, -0.2) is 0 Å². The molecule has 4 heteroatoms. The van der Waals surface area contributed by atoms with Crippen LogP contribution in [0.2, 0.25) is 0 Å². The van der Waals surface area contributed by atoms with Crippen LogP contribution >= 0.6 is 15.9 Å². The zero-order valence-electron chi connectivity index (χ0n) is 12.7. The number of hydrogen-bond acceptors (Lipinski definition) is 3. The van der Waals surface area contributed by atoms with E-state index in [0.717, 1.165) is 34.2 Å². The lowest BCUT2D eigenvalue weighted by atomic mass is 9.85. The Labute approximate surface area is 134 Å². The highest BCUT2D eigenvalue weighted by atomic mass is 79.9. The number of anilines is 2. The first-order valence-electron chi connectivity index (χ1n) is 7.55. The Morgan fingerprint density at radius 3 is 2.86 bits per heavy atom. The van der Waals surface area contributed by atoms with Crippen molar-refractivity contribution >= 4 is 38.2 Å². The fourth-order valence-corrected chi connectivity index (χ4v) is 3.45. The van der Waals surface area contributed by atoms with E-state index in [-0.39, 0.29) is 0 Å². The van der Waals surface area contributed by atoms with Crippen LogP contribution < -0.4 is 10.6 Å². The van der Waals surface area contributed by atoms with E-state index < -0.39 is 0 Å². The van der Waals surface area contributed by atoms with Crippen molar-refractivity contribution in [3.8, 4) is 0 Å². The molecule has 0 atom stereocenters. The van der Waals surface area contributed by atoms with Crippen molar-refractivity contribution in [2.24, 2.45) is 5.41 Å². The lowest BCUT2D eigenvalue weighted by Gasteiger charge is -2.26. The number of halogens is 1. The molecular formula is C17H22BrN3. The molecule has 1 saturated heterocycles. The first kappa shape index (κ1) is 14.6. The molecule has 21 heavy (non-hydrogen) atoms. The third-order valence-electron chi connectivity index (χ3n) is 4.51. The highest BCUT2D eigenvalue weighted by Gasteiger charge is 2.24. The van der Waals surface area contributed by atoms with Gasteiger partial charge in [-0.1, -0.05) is 13.8 Å². The third-order valence-corrected chi connectivity index (χ3v) is 4.94. The molecule has 2 N–H and O–H groups in total. The second-order valence-electron chi connectivity index (χ2n) is 6.73. The topological polar surface area (TPSA) is 42.1 Å². The highest BCUT2D eigenvalue weighted by molar-refractivity contribution is 9.10. The molecule has 1 aliphatic heterocycles. The lowest BCUT2D eigenvalue weighted by Crippen LogP contribution is -2.25. The van der Waals surface area contributed by atoms with Crippen molar-refractivity contribution in [1.82, 2.24) is 4.98 Å². The maximum atomic E-state index is 6.12. The summed E-state index contributed by atoms with van der Waals surface area (Å²) in [6.45, 7) is 6.92. The molecule has 0 spiro atoms. The molecule has 1 aliphatic rings. The maximum absolute atomic E-state index is 6.12. The normalized spacial score (nSPS) is 18.7. The van der Waals surface area contributed by atoms with Crippen LogP contribution in [0, 0.1) is 5.41 Å². The molecule has 0 aliphatic carbocycles. The van der Waals surface area contributed by atoms with Crippen molar-refractivity contribution < 1.29 is 0 Å². The Morgan fingerprint density at radius 1 is 1.24 bits per heavy atom. The predicted octanol–water partition coefficient (Wildman–Crippen LogP) is 4.60. The number of rotatable bonds is 1. The Kier molecular flexibility index (Phi) is 3.82. The molecule has 2 heterocycles. The van der Waals surface area contributed by atoms with Crippen LogP contribution in [-0.2, 0) is 0 Å². The molecule has 2 aromatic rings. The smallest absolute Gasteiger partial charge is 0.0956 e. The van der Waals surface area contributed by atoms with Gasteiger partial charge in [0.05, 0.1) is 11.2 Å². The van der Waals surface area contributed by atoms with Gasteiger partial charge in [-0.3, -0.25) is 4.98 Å². The van der Waals surface area contributed by atoms with E-state index in [1.165, 1.54) is 24.9 Å². The molecule has 0 amide bonds. The monoisotopic (exact) mass is 347 g/mol. The Balaban J connectivity index is 2.02. The largest absolute Gasteiger partial charge is 0.398 e. The summed E-state index contributed by atoms with van der Waals surface area (Å²) in [7, 11) is 0. The van der Waals surface area contributed by atoms with Crippen molar-refractivity contribution in [3.05, 3.63) is 28.9 Å².